The topological polar surface area (TPSA) is 86.5 Å². The summed E-state index contributed by atoms with van der Waals surface area (Å²) >= 11 is 0. The van der Waals surface area contributed by atoms with Gasteiger partial charge in [-0.05, 0) is 42.6 Å². The van der Waals surface area contributed by atoms with Gasteiger partial charge in [0.1, 0.15) is 11.5 Å². The van der Waals surface area contributed by atoms with Gasteiger partial charge in [-0.15, -0.1) is 0 Å². The van der Waals surface area contributed by atoms with Crippen LogP contribution >= 0.6 is 0 Å². The van der Waals surface area contributed by atoms with E-state index in [0.29, 0.717) is 17.5 Å². The van der Waals surface area contributed by atoms with Gasteiger partial charge in [0.05, 0.1) is 13.7 Å². The fraction of sp³-hybridized carbons (Fsp3) is 0.174. The van der Waals surface area contributed by atoms with Crippen LogP contribution in [0.2, 0.25) is 0 Å². The quantitative estimate of drug-likeness (QED) is 0.502. The number of ether oxygens (including phenoxy) is 2. The van der Waals surface area contributed by atoms with Crippen molar-refractivity contribution in [3.63, 3.8) is 0 Å². The van der Waals surface area contributed by atoms with E-state index in [9.17, 15) is 4.79 Å². The van der Waals surface area contributed by atoms with E-state index in [1.54, 1.807) is 14.0 Å². The first-order valence-corrected chi connectivity index (χ1v) is 9.53. The molecule has 0 radical (unpaired) electrons. The Morgan fingerprint density at radius 2 is 1.83 bits per heavy atom. The van der Waals surface area contributed by atoms with E-state index >= 15 is 0 Å². The maximum Gasteiger partial charge on any atom is 0.261 e. The number of amides is 1. The lowest BCUT2D eigenvalue weighted by molar-refractivity contribution is -0.127. The molecule has 0 spiro atoms. The number of fused-ring (bicyclic) bond motifs is 1. The second kappa shape index (κ2) is 8.65. The zero-order chi connectivity index (χ0) is 20.9. The average Bonchev–Trinajstić information content (AvgIpc) is 3.27. The molecule has 7 nitrogen and oxygen atoms in total. The van der Waals surface area contributed by atoms with Crippen LogP contribution in [0.15, 0.2) is 71.3 Å². The Morgan fingerprint density at radius 3 is 2.63 bits per heavy atom. The zero-order valence-electron chi connectivity index (χ0n) is 16.7. The summed E-state index contributed by atoms with van der Waals surface area (Å²) in [4.78, 5) is 16.8. The van der Waals surface area contributed by atoms with Crippen LogP contribution in [0.1, 0.15) is 12.8 Å². The molecule has 0 aliphatic carbocycles. The highest BCUT2D eigenvalue weighted by atomic mass is 16.5. The molecule has 4 rings (SSSR count). The van der Waals surface area contributed by atoms with Gasteiger partial charge in [-0.3, -0.25) is 4.79 Å². The van der Waals surface area contributed by atoms with Crippen LogP contribution in [-0.4, -0.2) is 29.3 Å². The smallest absolute Gasteiger partial charge is 0.261 e. The van der Waals surface area contributed by atoms with E-state index in [2.05, 4.69) is 15.5 Å². The van der Waals surface area contributed by atoms with Crippen molar-refractivity contribution < 1.29 is 18.8 Å². The van der Waals surface area contributed by atoms with Gasteiger partial charge in [-0.2, -0.15) is 4.98 Å². The lowest BCUT2D eigenvalue weighted by atomic mass is 10.1. The van der Waals surface area contributed by atoms with Crippen molar-refractivity contribution in [3.8, 4) is 22.9 Å². The van der Waals surface area contributed by atoms with E-state index in [1.807, 2.05) is 66.7 Å². The van der Waals surface area contributed by atoms with Gasteiger partial charge in [-0.25, -0.2) is 0 Å². The number of methoxy groups -OCH3 is 1. The molecule has 0 aliphatic rings. The minimum atomic E-state index is -0.681. The maximum absolute atomic E-state index is 12.5. The van der Waals surface area contributed by atoms with Crippen molar-refractivity contribution in [2.45, 2.75) is 19.6 Å². The molecule has 3 aromatic carbocycles. The Hall–Kier alpha value is -3.87. The van der Waals surface area contributed by atoms with Gasteiger partial charge in [0.15, 0.2) is 6.10 Å². The normalized spacial score (nSPS) is 11.8. The predicted molar refractivity (Wildman–Crippen MR) is 112 cm³/mol. The minimum Gasteiger partial charge on any atom is -0.497 e. The second-order valence-electron chi connectivity index (χ2n) is 6.70. The fourth-order valence-electron chi connectivity index (χ4n) is 3.03. The summed E-state index contributed by atoms with van der Waals surface area (Å²) in [5.41, 5.74) is 0.796. The highest BCUT2D eigenvalue weighted by molar-refractivity contribution is 5.89. The van der Waals surface area contributed by atoms with Crippen molar-refractivity contribution in [3.05, 3.63) is 72.6 Å². The Bertz CT molecular complexity index is 1150. The molecule has 0 saturated heterocycles. The maximum atomic E-state index is 12.5. The number of hydrogen-bond donors (Lipinski definition) is 1. The SMILES string of the molecule is COc1ccc(-c2noc(CNC(=O)C(C)Oc3cccc4ccccc34)n2)cc1. The van der Waals surface area contributed by atoms with Crippen LogP contribution in [0, 0.1) is 0 Å². The molecule has 7 heteroatoms. The predicted octanol–water partition coefficient (Wildman–Crippen LogP) is 3.98. The first-order chi connectivity index (χ1) is 14.6. The summed E-state index contributed by atoms with van der Waals surface area (Å²) in [6.07, 6.45) is -0.681. The van der Waals surface area contributed by atoms with Crippen LogP contribution in [-0.2, 0) is 11.3 Å². The molecule has 1 heterocycles. The molecule has 1 amide bonds. The third-order valence-corrected chi connectivity index (χ3v) is 4.65. The number of carbonyl (C=O) groups is 1. The molecule has 0 bridgehead atoms. The van der Waals surface area contributed by atoms with Gasteiger partial charge in [-0.1, -0.05) is 41.6 Å². The van der Waals surface area contributed by atoms with Crippen molar-refractivity contribution in [2.24, 2.45) is 0 Å². The third kappa shape index (κ3) is 4.25. The molecule has 152 valence electrons. The Balaban J connectivity index is 1.36. The number of carbonyl (C=O) groups excluding carboxylic acids is 1. The van der Waals surface area contributed by atoms with Crippen LogP contribution in [0.3, 0.4) is 0 Å². The van der Waals surface area contributed by atoms with E-state index in [1.165, 1.54) is 0 Å². The summed E-state index contributed by atoms with van der Waals surface area (Å²) in [6.45, 7) is 1.82. The van der Waals surface area contributed by atoms with E-state index in [4.69, 9.17) is 14.0 Å². The highest BCUT2D eigenvalue weighted by Crippen LogP contribution is 2.26. The molecule has 0 aliphatic heterocycles. The third-order valence-electron chi connectivity index (χ3n) is 4.65. The van der Waals surface area contributed by atoms with Gasteiger partial charge >= 0.3 is 0 Å². The van der Waals surface area contributed by atoms with Gasteiger partial charge in [0, 0.05) is 10.9 Å². The molecule has 1 unspecified atom stereocenters. The first-order valence-electron chi connectivity index (χ1n) is 9.53. The lowest BCUT2D eigenvalue weighted by Crippen LogP contribution is -2.36. The van der Waals surface area contributed by atoms with E-state index < -0.39 is 6.10 Å². The van der Waals surface area contributed by atoms with Gasteiger partial charge in [0.2, 0.25) is 11.7 Å². The van der Waals surface area contributed by atoms with Crippen LogP contribution in [0.25, 0.3) is 22.2 Å². The number of rotatable bonds is 7. The number of nitrogens with zero attached hydrogens (tertiary/aromatic N) is 2. The Labute approximate surface area is 173 Å². The summed E-state index contributed by atoms with van der Waals surface area (Å²) in [5.74, 6) is 1.89. The van der Waals surface area contributed by atoms with Crippen LogP contribution in [0.5, 0.6) is 11.5 Å². The largest absolute Gasteiger partial charge is 0.497 e. The Kier molecular flexibility index (Phi) is 5.61. The van der Waals surface area contributed by atoms with Gasteiger partial charge < -0.3 is 19.3 Å². The van der Waals surface area contributed by atoms with Crippen LogP contribution in [0.4, 0.5) is 0 Å². The summed E-state index contributed by atoms with van der Waals surface area (Å²) in [7, 11) is 1.61. The number of hydrogen-bond acceptors (Lipinski definition) is 6. The molecular formula is C23H21N3O4. The Morgan fingerprint density at radius 1 is 1.07 bits per heavy atom. The molecule has 1 aromatic heterocycles. The number of aromatic nitrogens is 2. The molecule has 0 saturated carbocycles. The van der Waals surface area contributed by atoms with Crippen LogP contribution < -0.4 is 14.8 Å². The van der Waals surface area contributed by atoms with Gasteiger partial charge in [0.25, 0.3) is 5.91 Å². The zero-order valence-corrected chi connectivity index (χ0v) is 16.7. The van der Waals surface area contributed by atoms with Crippen molar-refractivity contribution in [1.29, 1.82) is 0 Å². The first kappa shape index (κ1) is 19.4. The summed E-state index contributed by atoms with van der Waals surface area (Å²) < 4.78 is 16.3. The molecule has 1 N–H and O–H groups in total. The standard InChI is InChI=1S/C23H21N3O4/c1-15(29-20-9-5-7-16-6-3-4-8-19(16)20)23(27)24-14-21-25-22(26-30-21)17-10-12-18(28-2)13-11-17/h3-13,15H,14H2,1-2H3,(H,24,27). The van der Waals surface area contributed by atoms with E-state index in [0.717, 1.165) is 22.1 Å². The molecule has 1 atom stereocenters. The van der Waals surface area contributed by atoms with Crippen molar-refractivity contribution in [1.82, 2.24) is 15.5 Å². The monoisotopic (exact) mass is 403 g/mol. The average molecular weight is 403 g/mol. The lowest BCUT2D eigenvalue weighted by Gasteiger charge is -2.15. The van der Waals surface area contributed by atoms with Crippen molar-refractivity contribution >= 4 is 16.7 Å². The minimum absolute atomic E-state index is 0.116. The molecular weight excluding hydrogens is 382 g/mol. The molecule has 0 fully saturated rings. The highest BCUT2D eigenvalue weighted by Gasteiger charge is 2.17. The molecule has 30 heavy (non-hydrogen) atoms. The van der Waals surface area contributed by atoms with E-state index in [-0.39, 0.29) is 12.5 Å². The number of nitrogens with one attached hydrogen (secondary N) is 1. The fourth-order valence-corrected chi connectivity index (χ4v) is 3.03. The molecule has 4 aromatic rings. The van der Waals surface area contributed by atoms with Crippen molar-refractivity contribution in [2.75, 3.05) is 7.11 Å². The summed E-state index contributed by atoms with van der Waals surface area (Å²) in [6, 6.07) is 21.0. The summed E-state index contributed by atoms with van der Waals surface area (Å²) in [5, 5.41) is 8.74. The number of benzene rings is 3. The second-order valence-corrected chi connectivity index (χ2v) is 6.70.